The van der Waals surface area contributed by atoms with Crippen molar-refractivity contribution in [3.63, 3.8) is 0 Å². The number of carbonyl (C=O) groups excluding carboxylic acids is 1. The summed E-state index contributed by atoms with van der Waals surface area (Å²) in [5.41, 5.74) is 0.926. The summed E-state index contributed by atoms with van der Waals surface area (Å²) in [4.78, 5) is 19.6. The Balaban J connectivity index is 1.67. The maximum absolute atomic E-state index is 13.4. The Bertz CT molecular complexity index is 773. The lowest BCUT2D eigenvalue weighted by molar-refractivity contribution is 0.0152. The van der Waals surface area contributed by atoms with Gasteiger partial charge in [-0.2, -0.15) is 4.68 Å². The number of rotatable bonds is 4. The molecule has 8 heteroatoms. The number of halogens is 1. The van der Waals surface area contributed by atoms with Gasteiger partial charge in [0.15, 0.2) is 11.0 Å². The highest BCUT2D eigenvalue weighted by molar-refractivity contribution is 8.00. The van der Waals surface area contributed by atoms with Crippen molar-refractivity contribution < 1.29 is 13.9 Å². The van der Waals surface area contributed by atoms with Crippen LogP contribution in [0.4, 0.5) is 4.39 Å². The van der Waals surface area contributed by atoms with Gasteiger partial charge in [0, 0.05) is 19.5 Å². The highest BCUT2D eigenvalue weighted by Gasteiger charge is 2.43. The van der Waals surface area contributed by atoms with Crippen molar-refractivity contribution in [3.8, 4) is 0 Å². The number of aromatic nitrogens is 3. The van der Waals surface area contributed by atoms with Crippen molar-refractivity contribution >= 4 is 17.7 Å². The van der Waals surface area contributed by atoms with Crippen LogP contribution in [0.25, 0.3) is 0 Å². The van der Waals surface area contributed by atoms with Gasteiger partial charge in [-0.15, -0.1) is 5.10 Å². The lowest BCUT2D eigenvalue weighted by Gasteiger charge is -2.36. The molecule has 2 aliphatic heterocycles. The fraction of sp³-hybridized carbons (Fsp3) is 0.471. The average Bonchev–Trinajstić information content (AvgIpc) is 3.18. The molecule has 3 heterocycles. The quantitative estimate of drug-likeness (QED) is 0.831. The molecule has 0 radical (unpaired) electrons. The Morgan fingerprint density at radius 2 is 2.04 bits per heavy atom. The number of hydrogen-bond donors (Lipinski definition) is 0. The maximum Gasteiger partial charge on any atom is 0.264 e. The predicted molar refractivity (Wildman–Crippen MR) is 91.2 cm³/mol. The smallest absolute Gasteiger partial charge is 0.264 e. The van der Waals surface area contributed by atoms with Crippen molar-refractivity contribution in [2.45, 2.75) is 29.8 Å². The van der Waals surface area contributed by atoms with Gasteiger partial charge in [-0.3, -0.25) is 9.69 Å². The zero-order valence-electron chi connectivity index (χ0n) is 13.9. The lowest BCUT2D eigenvalue weighted by atomic mass is 10.0. The average molecular weight is 362 g/mol. The van der Waals surface area contributed by atoms with Crippen LogP contribution < -0.4 is 0 Å². The topological polar surface area (TPSA) is 60.2 Å². The zero-order chi connectivity index (χ0) is 17.4. The molecular formula is C17H19FN4O2S. The number of aryl methyl sites for hydroxylation is 1. The molecule has 0 spiro atoms. The molecule has 2 atom stereocenters. The summed E-state index contributed by atoms with van der Waals surface area (Å²) in [6, 6.07) is 6.25. The van der Waals surface area contributed by atoms with Gasteiger partial charge in [-0.1, -0.05) is 30.8 Å². The number of benzene rings is 1. The second-order valence-corrected chi connectivity index (χ2v) is 7.21. The second kappa shape index (κ2) is 6.86. The predicted octanol–water partition coefficient (Wildman–Crippen LogP) is 2.17. The van der Waals surface area contributed by atoms with Crippen LogP contribution in [-0.2, 0) is 11.2 Å². The van der Waals surface area contributed by atoms with Crippen LogP contribution in [0.2, 0.25) is 0 Å². The molecule has 2 unspecified atom stereocenters. The van der Waals surface area contributed by atoms with Gasteiger partial charge >= 0.3 is 0 Å². The van der Waals surface area contributed by atoms with Gasteiger partial charge in [-0.05, 0) is 17.7 Å². The minimum Gasteiger partial charge on any atom is -0.379 e. The molecule has 4 rings (SSSR count). The molecule has 1 fully saturated rings. The summed E-state index contributed by atoms with van der Waals surface area (Å²) in [6.45, 7) is 4.70. The zero-order valence-corrected chi connectivity index (χ0v) is 14.7. The highest BCUT2D eigenvalue weighted by Crippen LogP contribution is 2.41. The van der Waals surface area contributed by atoms with Crippen LogP contribution >= 0.6 is 11.8 Å². The second-order valence-electron chi connectivity index (χ2n) is 6.10. The Labute approximate surface area is 149 Å². The first-order valence-corrected chi connectivity index (χ1v) is 9.29. The van der Waals surface area contributed by atoms with Gasteiger partial charge in [0.25, 0.3) is 5.91 Å². The lowest BCUT2D eigenvalue weighted by Crippen LogP contribution is -2.44. The summed E-state index contributed by atoms with van der Waals surface area (Å²) in [7, 11) is 0. The molecule has 1 aromatic carbocycles. The molecule has 2 aromatic rings. The van der Waals surface area contributed by atoms with E-state index in [-0.39, 0.29) is 23.0 Å². The molecule has 132 valence electrons. The first kappa shape index (κ1) is 16.7. The monoisotopic (exact) mass is 362 g/mol. The van der Waals surface area contributed by atoms with E-state index in [1.165, 1.54) is 28.6 Å². The van der Waals surface area contributed by atoms with E-state index in [1.54, 1.807) is 12.1 Å². The first-order valence-electron chi connectivity index (χ1n) is 8.41. The summed E-state index contributed by atoms with van der Waals surface area (Å²) in [6.07, 6.45) is 0.698. The Morgan fingerprint density at radius 1 is 1.32 bits per heavy atom. The Hall–Kier alpha value is -1.77. The number of hydrogen-bond acceptors (Lipinski definition) is 6. The third-order valence-electron chi connectivity index (χ3n) is 4.56. The van der Waals surface area contributed by atoms with Crippen LogP contribution in [0, 0.1) is 5.82 Å². The minimum absolute atomic E-state index is 0.0620. The third-order valence-corrected chi connectivity index (χ3v) is 5.75. The molecule has 25 heavy (non-hydrogen) atoms. The molecule has 0 bridgehead atoms. The number of morpholine rings is 1. The summed E-state index contributed by atoms with van der Waals surface area (Å²) < 4.78 is 20.2. The number of nitrogens with zero attached hydrogens (tertiary/aromatic N) is 4. The van der Waals surface area contributed by atoms with Gasteiger partial charge in [0.2, 0.25) is 0 Å². The van der Waals surface area contributed by atoms with Gasteiger partial charge in [0.1, 0.15) is 11.1 Å². The number of fused-ring (bicyclic) bond motifs is 1. The SMILES string of the molecule is CCc1nc2n(n1)C(=O)C(C(c1ccc(F)cc1)N1CCOCC1)S2. The van der Waals surface area contributed by atoms with E-state index in [4.69, 9.17) is 4.74 Å². The highest BCUT2D eigenvalue weighted by atomic mass is 32.2. The van der Waals surface area contributed by atoms with Crippen molar-refractivity contribution in [2.75, 3.05) is 26.3 Å². The van der Waals surface area contributed by atoms with E-state index < -0.39 is 0 Å². The fourth-order valence-corrected chi connectivity index (χ4v) is 4.56. The molecule has 1 saturated heterocycles. The summed E-state index contributed by atoms with van der Waals surface area (Å²) >= 11 is 1.44. The van der Waals surface area contributed by atoms with E-state index in [9.17, 15) is 9.18 Å². The standard InChI is InChI=1S/C17H19FN4O2S/c1-2-13-19-17-22(20-13)16(23)15(25-17)14(21-7-9-24-10-8-21)11-3-5-12(18)6-4-11/h3-6,14-15H,2,7-10H2,1H3. The van der Waals surface area contributed by atoms with Crippen LogP contribution in [0.5, 0.6) is 0 Å². The molecule has 6 nitrogen and oxygen atoms in total. The van der Waals surface area contributed by atoms with Crippen molar-refractivity contribution in [3.05, 3.63) is 41.5 Å². The normalized spacial score (nSPS) is 22.2. The van der Waals surface area contributed by atoms with Gasteiger partial charge in [-0.25, -0.2) is 9.37 Å². The summed E-state index contributed by atoms with van der Waals surface area (Å²) in [5, 5.41) is 4.61. The van der Waals surface area contributed by atoms with Crippen molar-refractivity contribution in [1.82, 2.24) is 19.7 Å². The number of thioether (sulfide) groups is 1. The molecule has 0 amide bonds. The Morgan fingerprint density at radius 3 is 2.68 bits per heavy atom. The van der Waals surface area contributed by atoms with E-state index in [2.05, 4.69) is 15.0 Å². The van der Waals surface area contributed by atoms with Crippen LogP contribution in [0.1, 0.15) is 29.1 Å². The van der Waals surface area contributed by atoms with E-state index in [0.717, 1.165) is 18.7 Å². The van der Waals surface area contributed by atoms with Crippen LogP contribution in [0.15, 0.2) is 29.4 Å². The molecule has 0 saturated carbocycles. The number of carbonyl (C=O) groups is 1. The fourth-order valence-electron chi connectivity index (χ4n) is 3.28. The van der Waals surface area contributed by atoms with Gasteiger partial charge < -0.3 is 4.74 Å². The third kappa shape index (κ3) is 3.09. The van der Waals surface area contributed by atoms with Crippen molar-refractivity contribution in [1.29, 1.82) is 0 Å². The van der Waals surface area contributed by atoms with Crippen molar-refractivity contribution in [2.24, 2.45) is 0 Å². The maximum atomic E-state index is 13.4. The van der Waals surface area contributed by atoms with E-state index >= 15 is 0 Å². The number of ether oxygens (including phenoxy) is 1. The largest absolute Gasteiger partial charge is 0.379 e. The molecular weight excluding hydrogens is 343 g/mol. The van der Waals surface area contributed by atoms with Gasteiger partial charge in [0.05, 0.1) is 19.3 Å². The molecule has 0 aliphatic carbocycles. The molecule has 1 aromatic heterocycles. The van der Waals surface area contributed by atoms with E-state index in [0.29, 0.717) is 30.6 Å². The van der Waals surface area contributed by atoms with Crippen LogP contribution in [-0.4, -0.2) is 57.1 Å². The minimum atomic E-state index is -0.343. The Kier molecular flexibility index (Phi) is 4.58. The van der Waals surface area contributed by atoms with E-state index in [1.807, 2.05) is 6.92 Å². The molecule has 2 aliphatic rings. The molecule has 0 N–H and O–H groups in total. The first-order chi connectivity index (χ1) is 12.2. The summed E-state index contributed by atoms with van der Waals surface area (Å²) in [5.74, 6) is 0.337. The van der Waals surface area contributed by atoms with Crippen LogP contribution in [0.3, 0.4) is 0 Å².